The van der Waals surface area contributed by atoms with Crippen molar-refractivity contribution in [3.63, 3.8) is 0 Å². The molecule has 1 aromatic carbocycles. The molecule has 1 fully saturated rings. The van der Waals surface area contributed by atoms with Crippen LogP contribution in [0, 0.1) is 0 Å². The number of furan rings is 2. The molecule has 2 aromatic heterocycles. The second-order valence-corrected chi connectivity index (χ2v) is 8.80. The van der Waals surface area contributed by atoms with Gasteiger partial charge in [0.05, 0.1) is 43.7 Å². The van der Waals surface area contributed by atoms with E-state index in [0.29, 0.717) is 37.8 Å². The topological polar surface area (TPSA) is 93.2 Å². The number of hydrogen-bond acceptors (Lipinski definition) is 6. The van der Waals surface area contributed by atoms with Gasteiger partial charge in [-0.25, -0.2) is 8.42 Å². The molecule has 158 valence electrons. The molecule has 4 rings (SSSR count). The van der Waals surface area contributed by atoms with E-state index in [1.807, 2.05) is 0 Å². The summed E-state index contributed by atoms with van der Waals surface area (Å²) in [7, 11) is -3.70. The van der Waals surface area contributed by atoms with Gasteiger partial charge in [0.15, 0.2) is 0 Å². The van der Waals surface area contributed by atoms with Gasteiger partial charge in [0.2, 0.25) is 10.0 Å². The highest BCUT2D eigenvalue weighted by Crippen LogP contribution is 2.21. The molecule has 1 aliphatic rings. The van der Waals surface area contributed by atoms with E-state index in [0.717, 1.165) is 0 Å². The van der Waals surface area contributed by atoms with Crippen molar-refractivity contribution in [1.82, 2.24) is 9.21 Å². The summed E-state index contributed by atoms with van der Waals surface area (Å²) in [5.74, 6) is 0.917. The summed E-state index contributed by atoms with van der Waals surface area (Å²) < 4.78 is 43.3. The summed E-state index contributed by atoms with van der Waals surface area (Å²) in [5, 5.41) is 0. The molecule has 30 heavy (non-hydrogen) atoms. The molecule has 0 N–H and O–H groups in total. The van der Waals surface area contributed by atoms with Gasteiger partial charge >= 0.3 is 0 Å². The quantitative estimate of drug-likeness (QED) is 0.572. The minimum absolute atomic E-state index is 0.0891. The number of morpholine rings is 1. The average Bonchev–Trinajstić information content (AvgIpc) is 3.48. The van der Waals surface area contributed by atoms with Gasteiger partial charge in [-0.2, -0.15) is 4.31 Å². The van der Waals surface area contributed by atoms with Gasteiger partial charge in [-0.15, -0.1) is 0 Å². The summed E-state index contributed by atoms with van der Waals surface area (Å²) in [6, 6.07) is 13.2. The predicted octanol–water partition coefficient (Wildman–Crippen LogP) is 2.74. The normalized spacial score (nSPS) is 15.2. The zero-order valence-corrected chi connectivity index (χ0v) is 17.1. The Morgan fingerprint density at radius 3 is 2.13 bits per heavy atom. The smallest absolute Gasteiger partial charge is 0.254 e. The maximum atomic E-state index is 13.3. The van der Waals surface area contributed by atoms with Gasteiger partial charge < -0.3 is 18.5 Å². The molecule has 1 saturated heterocycles. The third-order valence-electron chi connectivity index (χ3n) is 4.83. The third kappa shape index (κ3) is 4.48. The Morgan fingerprint density at radius 2 is 1.57 bits per heavy atom. The van der Waals surface area contributed by atoms with Crippen LogP contribution in [-0.2, 0) is 27.8 Å². The molecule has 0 aliphatic carbocycles. The Balaban J connectivity index is 1.60. The van der Waals surface area contributed by atoms with Crippen LogP contribution in [0.4, 0.5) is 0 Å². The Morgan fingerprint density at radius 1 is 0.933 bits per heavy atom. The SMILES string of the molecule is O=C(c1cccc(S(=O)(=O)N2CCOCC2)c1)N(Cc1ccco1)Cc1ccco1. The molecule has 0 radical (unpaired) electrons. The number of ether oxygens (including phenoxy) is 1. The van der Waals surface area contributed by atoms with E-state index < -0.39 is 10.0 Å². The fraction of sp³-hybridized carbons (Fsp3) is 0.286. The Bertz CT molecular complexity index is 1030. The third-order valence-corrected chi connectivity index (χ3v) is 6.72. The van der Waals surface area contributed by atoms with Gasteiger partial charge in [0, 0.05) is 18.7 Å². The molecule has 1 amide bonds. The molecule has 0 unspecified atom stereocenters. The number of amides is 1. The van der Waals surface area contributed by atoms with Crippen LogP contribution in [0.1, 0.15) is 21.9 Å². The fourth-order valence-corrected chi connectivity index (χ4v) is 4.74. The summed E-state index contributed by atoms with van der Waals surface area (Å²) in [6.07, 6.45) is 3.08. The highest BCUT2D eigenvalue weighted by molar-refractivity contribution is 7.89. The Kier molecular flexibility index (Phi) is 6.03. The lowest BCUT2D eigenvalue weighted by atomic mass is 10.2. The molecular formula is C21H22N2O6S. The first-order valence-electron chi connectivity index (χ1n) is 9.56. The van der Waals surface area contributed by atoms with Crippen LogP contribution >= 0.6 is 0 Å². The van der Waals surface area contributed by atoms with Crippen molar-refractivity contribution in [2.45, 2.75) is 18.0 Å². The van der Waals surface area contributed by atoms with Crippen LogP contribution in [0.15, 0.2) is 74.8 Å². The molecule has 0 spiro atoms. The number of rotatable bonds is 7. The van der Waals surface area contributed by atoms with E-state index >= 15 is 0 Å². The van der Waals surface area contributed by atoms with Crippen molar-refractivity contribution in [1.29, 1.82) is 0 Å². The summed E-state index contributed by atoms with van der Waals surface area (Å²) in [6.45, 7) is 1.77. The highest BCUT2D eigenvalue weighted by atomic mass is 32.2. The zero-order chi connectivity index (χ0) is 21.0. The number of hydrogen-bond donors (Lipinski definition) is 0. The lowest BCUT2D eigenvalue weighted by Gasteiger charge is -2.26. The number of nitrogens with zero attached hydrogens (tertiary/aromatic N) is 2. The second kappa shape index (κ2) is 8.86. The molecule has 0 saturated carbocycles. The van der Waals surface area contributed by atoms with Crippen LogP contribution in [0.2, 0.25) is 0 Å². The lowest BCUT2D eigenvalue weighted by molar-refractivity contribution is 0.0704. The first kappa shape index (κ1) is 20.4. The Labute approximate surface area is 174 Å². The van der Waals surface area contributed by atoms with Crippen molar-refractivity contribution in [3.8, 4) is 0 Å². The van der Waals surface area contributed by atoms with Gasteiger partial charge in [-0.05, 0) is 42.5 Å². The highest BCUT2D eigenvalue weighted by Gasteiger charge is 2.27. The monoisotopic (exact) mass is 430 g/mol. The van der Waals surface area contributed by atoms with E-state index in [1.165, 1.54) is 16.4 Å². The number of carbonyl (C=O) groups excluding carboxylic acids is 1. The fourth-order valence-electron chi connectivity index (χ4n) is 3.29. The van der Waals surface area contributed by atoms with Crippen LogP contribution in [0.25, 0.3) is 0 Å². The molecule has 3 aromatic rings. The number of carbonyl (C=O) groups is 1. The van der Waals surface area contributed by atoms with Gasteiger partial charge in [0.25, 0.3) is 5.91 Å². The number of sulfonamides is 1. The first-order chi connectivity index (χ1) is 14.5. The van der Waals surface area contributed by atoms with E-state index in [-0.39, 0.29) is 29.5 Å². The van der Waals surface area contributed by atoms with Crippen LogP contribution < -0.4 is 0 Å². The molecular weight excluding hydrogens is 408 g/mol. The van der Waals surface area contributed by atoms with Crippen LogP contribution in [0.5, 0.6) is 0 Å². The van der Waals surface area contributed by atoms with Crippen molar-refractivity contribution < 1.29 is 26.8 Å². The van der Waals surface area contributed by atoms with Crippen LogP contribution in [0.3, 0.4) is 0 Å². The molecule has 8 nitrogen and oxygen atoms in total. The van der Waals surface area contributed by atoms with Gasteiger partial charge in [-0.3, -0.25) is 4.79 Å². The summed E-state index contributed by atoms with van der Waals surface area (Å²) in [4.78, 5) is 14.9. The van der Waals surface area contributed by atoms with Crippen molar-refractivity contribution >= 4 is 15.9 Å². The molecule has 3 heterocycles. The minimum atomic E-state index is -3.70. The molecule has 0 bridgehead atoms. The maximum absolute atomic E-state index is 13.3. The van der Waals surface area contributed by atoms with Gasteiger partial charge in [-0.1, -0.05) is 6.07 Å². The number of benzene rings is 1. The lowest BCUT2D eigenvalue weighted by Crippen LogP contribution is -2.40. The molecule has 9 heteroatoms. The average molecular weight is 430 g/mol. The Hall–Kier alpha value is -2.88. The zero-order valence-electron chi connectivity index (χ0n) is 16.3. The van der Waals surface area contributed by atoms with E-state index in [4.69, 9.17) is 13.6 Å². The van der Waals surface area contributed by atoms with E-state index in [9.17, 15) is 13.2 Å². The maximum Gasteiger partial charge on any atom is 0.254 e. The van der Waals surface area contributed by atoms with E-state index in [1.54, 1.807) is 53.8 Å². The van der Waals surface area contributed by atoms with Crippen molar-refractivity contribution in [2.24, 2.45) is 0 Å². The standard InChI is InChI=1S/C21H22N2O6S/c24-21(22(15-18-5-2-10-28-18)16-19-6-3-11-29-19)17-4-1-7-20(14-17)30(25,26)23-8-12-27-13-9-23/h1-7,10-11,14H,8-9,12-13,15-16H2. The summed E-state index contributed by atoms with van der Waals surface area (Å²) in [5.41, 5.74) is 0.280. The first-order valence-corrected chi connectivity index (χ1v) is 11.0. The second-order valence-electron chi connectivity index (χ2n) is 6.86. The predicted molar refractivity (Wildman–Crippen MR) is 107 cm³/mol. The van der Waals surface area contributed by atoms with E-state index in [2.05, 4.69) is 0 Å². The van der Waals surface area contributed by atoms with Crippen molar-refractivity contribution in [3.05, 3.63) is 78.1 Å². The molecule has 1 aliphatic heterocycles. The molecule has 0 atom stereocenters. The largest absolute Gasteiger partial charge is 0.467 e. The van der Waals surface area contributed by atoms with Crippen LogP contribution in [-0.4, -0.2) is 49.8 Å². The van der Waals surface area contributed by atoms with Crippen molar-refractivity contribution in [2.75, 3.05) is 26.3 Å². The van der Waals surface area contributed by atoms with Gasteiger partial charge in [0.1, 0.15) is 11.5 Å². The minimum Gasteiger partial charge on any atom is -0.467 e. The summed E-state index contributed by atoms with van der Waals surface area (Å²) >= 11 is 0.